The normalized spacial score (nSPS) is 12.7. The smallest absolute Gasteiger partial charge is 0.308 e. The molecule has 0 aliphatic carbocycles. The van der Waals surface area contributed by atoms with Gasteiger partial charge in [-0.3, -0.25) is 9.59 Å². The molecule has 0 aromatic heterocycles. The van der Waals surface area contributed by atoms with Gasteiger partial charge < -0.3 is 15.7 Å². The molecule has 0 fully saturated rings. The van der Waals surface area contributed by atoms with Crippen molar-refractivity contribution in [3.63, 3.8) is 0 Å². The monoisotopic (exact) mass is 272 g/mol. The average Bonchev–Trinajstić information content (AvgIpc) is 2.29. The molecule has 1 unspecified atom stereocenters. The summed E-state index contributed by atoms with van der Waals surface area (Å²) in [7, 11) is 0. The number of nitrogens with one attached hydrogen (secondary N) is 2. The minimum atomic E-state index is -0.838. The number of carboxylic acid groups (broad SMARTS) is 1. The highest BCUT2D eigenvalue weighted by Crippen LogP contribution is 2.11. The van der Waals surface area contributed by atoms with Crippen molar-refractivity contribution >= 4 is 11.9 Å². The molecule has 0 saturated carbocycles. The lowest BCUT2D eigenvalue weighted by atomic mass is 9.97. The second-order valence-electron chi connectivity index (χ2n) is 5.68. The van der Waals surface area contributed by atoms with E-state index in [-0.39, 0.29) is 12.5 Å². The van der Waals surface area contributed by atoms with Gasteiger partial charge in [-0.2, -0.15) is 0 Å². The zero-order valence-corrected chi connectivity index (χ0v) is 12.5. The zero-order chi connectivity index (χ0) is 14.8. The van der Waals surface area contributed by atoms with Crippen molar-refractivity contribution in [1.82, 2.24) is 10.6 Å². The van der Waals surface area contributed by atoms with Gasteiger partial charge in [0.25, 0.3) is 0 Å². The number of carbonyl (C=O) groups is 2. The molecule has 3 N–H and O–H groups in total. The Morgan fingerprint density at radius 2 is 1.79 bits per heavy atom. The number of amides is 1. The maximum absolute atomic E-state index is 11.6. The third kappa shape index (κ3) is 10.5. The minimum Gasteiger partial charge on any atom is -0.481 e. The summed E-state index contributed by atoms with van der Waals surface area (Å²) in [6.07, 6.45) is 1.80. The molecule has 0 bridgehead atoms. The van der Waals surface area contributed by atoms with Crippen molar-refractivity contribution in [2.24, 2.45) is 11.8 Å². The highest BCUT2D eigenvalue weighted by molar-refractivity contribution is 5.77. The van der Waals surface area contributed by atoms with E-state index >= 15 is 0 Å². The first-order chi connectivity index (χ1) is 8.82. The Morgan fingerprint density at radius 3 is 2.26 bits per heavy atom. The van der Waals surface area contributed by atoms with Crippen LogP contribution < -0.4 is 10.6 Å². The fourth-order valence-corrected chi connectivity index (χ4v) is 1.81. The van der Waals surface area contributed by atoms with Crippen LogP contribution in [0.25, 0.3) is 0 Å². The van der Waals surface area contributed by atoms with Crippen LogP contribution in [0.2, 0.25) is 0 Å². The van der Waals surface area contributed by atoms with Crippen molar-refractivity contribution in [3.05, 3.63) is 0 Å². The van der Waals surface area contributed by atoms with Gasteiger partial charge in [0.05, 0.1) is 5.92 Å². The molecule has 0 radical (unpaired) electrons. The first-order valence-corrected chi connectivity index (χ1v) is 7.05. The molecular weight excluding hydrogens is 244 g/mol. The van der Waals surface area contributed by atoms with Crippen LogP contribution in [0.15, 0.2) is 0 Å². The summed E-state index contributed by atoms with van der Waals surface area (Å²) >= 11 is 0. The fraction of sp³-hybridized carbons (Fsp3) is 0.857. The number of aliphatic carboxylic acids is 1. The van der Waals surface area contributed by atoms with E-state index in [1.54, 1.807) is 0 Å². The van der Waals surface area contributed by atoms with E-state index in [2.05, 4.69) is 24.5 Å². The summed E-state index contributed by atoms with van der Waals surface area (Å²) in [6.45, 7) is 9.11. The van der Waals surface area contributed by atoms with E-state index < -0.39 is 11.9 Å². The average molecular weight is 272 g/mol. The Balaban J connectivity index is 3.83. The second-order valence-corrected chi connectivity index (χ2v) is 5.68. The number of rotatable bonds is 10. The lowest BCUT2D eigenvalue weighted by Crippen LogP contribution is -2.34. The van der Waals surface area contributed by atoms with Crippen LogP contribution in [0.1, 0.15) is 47.0 Å². The minimum absolute atomic E-state index is 0.0689. The van der Waals surface area contributed by atoms with Crippen molar-refractivity contribution in [2.45, 2.75) is 53.0 Å². The molecule has 5 nitrogen and oxygen atoms in total. The number of hydrogen-bond donors (Lipinski definition) is 3. The van der Waals surface area contributed by atoms with Gasteiger partial charge in [0.1, 0.15) is 0 Å². The zero-order valence-electron chi connectivity index (χ0n) is 12.5. The lowest BCUT2D eigenvalue weighted by molar-refractivity contribution is -0.142. The SMILES string of the molecule is CC(C)CC(CNC(=O)CCCNC(C)C)C(=O)O. The van der Waals surface area contributed by atoms with Crippen molar-refractivity contribution < 1.29 is 14.7 Å². The van der Waals surface area contributed by atoms with Crippen molar-refractivity contribution in [2.75, 3.05) is 13.1 Å². The van der Waals surface area contributed by atoms with Crippen LogP contribution in [0.3, 0.4) is 0 Å². The topological polar surface area (TPSA) is 78.4 Å². The third-order valence-electron chi connectivity index (χ3n) is 2.78. The van der Waals surface area contributed by atoms with Crippen LogP contribution in [0, 0.1) is 11.8 Å². The van der Waals surface area contributed by atoms with E-state index in [4.69, 9.17) is 5.11 Å². The first kappa shape index (κ1) is 17.9. The van der Waals surface area contributed by atoms with E-state index in [9.17, 15) is 9.59 Å². The molecule has 0 heterocycles. The van der Waals surface area contributed by atoms with Crippen molar-refractivity contribution in [3.8, 4) is 0 Å². The number of carbonyl (C=O) groups excluding carboxylic acids is 1. The molecule has 1 amide bonds. The van der Waals surface area contributed by atoms with E-state index in [0.717, 1.165) is 13.0 Å². The molecule has 5 heteroatoms. The van der Waals surface area contributed by atoms with Crippen LogP contribution in [-0.4, -0.2) is 36.1 Å². The summed E-state index contributed by atoms with van der Waals surface area (Å²) in [5.74, 6) is -1.08. The number of carboxylic acids is 1. The maximum Gasteiger partial charge on any atom is 0.308 e. The predicted octanol–water partition coefficient (Wildman–Crippen LogP) is 1.63. The Kier molecular flexibility index (Phi) is 9.21. The van der Waals surface area contributed by atoms with E-state index in [0.29, 0.717) is 24.8 Å². The highest BCUT2D eigenvalue weighted by atomic mass is 16.4. The maximum atomic E-state index is 11.6. The fourth-order valence-electron chi connectivity index (χ4n) is 1.81. The van der Waals surface area contributed by atoms with Crippen LogP contribution in [0.5, 0.6) is 0 Å². The molecule has 0 aliphatic rings. The Morgan fingerprint density at radius 1 is 1.16 bits per heavy atom. The molecule has 0 aromatic rings. The molecule has 19 heavy (non-hydrogen) atoms. The van der Waals surface area contributed by atoms with Gasteiger partial charge in [-0.05, 0) is 25.3 Å². The first-order valence-electron chi connectivity index (χ1n) is 7.05. The van der Waals surface area contributed by atoms with Gasteiger partial charge in [-0.15, -0.1) is 0 Å². The summed E-state index contributed by atoms with van der Waals surface area (Å²) in [5, 5.41) is 15.0. The largest absolute Gasteiger partial charge is 0.481 e. The van der Waals surface area contributed by atoms with Crippen molar-refractivity contribution in [1.29, 1.82) is 0 Å². The molecule has 112 valence electrons. The summed E-state index contributed by atoms with van der Waals surface area (Å²) in [5.41, 5.74) is 0. The lowest BCUT2D eigenvalue weighted by Gasteiger charge is -2.15. The van der Waals surface area contributed by atoms with E-state index in [1.807, 2.05) is 13.8 Å². The quantitative estimate of drug-likeness (QED) is 0.528. The Labute approximate surface area is 116 Å². The van der Waals surface area contributed by atoms with Crippen LogP contribution in [0.4, 0.5) is 0 Å². The number of hydrogen-bond acceptors (Lipinski definition) is 3. The molecule has 0 aliphatic heterocycles. The van der Waals surface area contributed by atoms with Crippen LogP contribution >= 0.6 is 0 Å². The summed E-state index contributed by atoms with van der Waals surface area (Å²) in [4.78, 5) is 22.6. The standard InChI is InChI=1S/C14H28N2O3/c1-10(2)8-12(14(18)19)9-16-13(17)6-5-7-15-11(3)4/h10-12,15H,5-9H2,1-4H3,(H,16,17)(H,18,19). The van der Waals surface area contributed by atoms with Gasteiger partial charge in [-0.25, -0.2) is 0 Å². The highest BCUT2D eigenvalue weighted by Gasteiger charge is 2.19. The van der Waals surface area contributed by atoms with Gasteiger partial charge in [0.2, 0.25) is 5.91 Å². The predicted molar refractivity (Wildman–Crippen MR) is 76.0 cm³/mol. The Bertz CT molecular complexity index is 278. The van der Waals surface area contributed by atoms with Gasteiger partial charge >= 0.3 is 5.97 Å². The summed E-state index contributed by atoms with van der Waals surface area (Å²) in [6, 6.07) is 0.422. The molecule has 0 spiro atoms. The van der Waals surface area contributed by atoms with Gasteiger partial charge in [0.15, 0.2) is 0 Å². The molecule has 0 rings (SSSR count). The third-order valence-corrected chi connectivity index (χ3v) is 2.78. The summed E-state index contributed by atoms with van der Waals surface area (Å²) < 4.78 is 0. The molecule has 0 aromatic carbocycles. The van der Waals surface area contributed by atoms with Gasteiger partial charge in [-0.1, -0.05) is 27.7 Å². The molecule has 0 saturated heterocycles. The second kappa shape index (κ2) is 9.78. The van der Waals surface area contributed by atoms with E-state index in [1.165, 1.54) is 0 Å². The molecular formula is C14H28N2O3. The van der Waals surface area contributed by atoms with Gasteiger partial charge in [0, 0.05) is 19.0 Å². The van der Waals surface area contributed by atoms with Crippen LogP contribution in [-0.2, 0) is 9.59 Å². The molecule has 1 atom stereocenters. The Hall–Kier alpha value is -1.10.